The van der Waals surface area contributed by atoms with E-state index in [4.69, 9.17) is 4.42 Å². The highest BCUT2D eigenvalue weighted by Gasteiger charge is 2.21. The third-order valence-electron chi connectivity index (χ3n) is 11.7. The lowest BCUT2D eigenvalue weighted by molar-refractivity contribution is 0.672. The Bertz CT molecular complexity index is 3390. The number of hydrogen-bond acceptors (Lipinski definition) is 2. The van der Waals surface area contributed by atoms with Crippen molar-refractivity contribution in [3.63, 3.8) is 0 Å². The van der Waals surface area contributed by atoms with Gasteiger partial charge in [0.2, 0.25) is 0 Å². The summed E-state index contributed by atoms with van der Waals surface area (Å²) < 4.78 is 9.05. The molecule has 54 heavy (non-hydrogen) atoms. The summed E-state index contributed by atoms with van der Waals surface area (Å²) in [5, 5.41) is 15.1. The van der Waals surface area contributed by atoms with Gasteiger partial charge in [-0.15, -0.1) is 11.3 Å². The molecule has 11 aromatic rings. The van der Waals surface area contributed by atoms with Gasteiger partial charge in [0, 0.05) is 41.7 Å². The molecule has 1 nitrogen and oxygen atoms in total. The number of benzene rings is 9. The van der Waals surface area contributed by atoms with Gasteiger partial charge in [0.25, 0.3) is 0 Å². The Morgan fingerprint density at radius 3 is 1.72 bits per heavy atom. The summed E-state index contributed by atoms with van der Waals surface area (Å²) in [5.41, 5.74) is 9.78. The summed E-state index contributed by atoms with van der Waals surface area (Å²) in [5.74, 6) is 0. The summed E-state index contributed by atoms with van der Waals surface area (Å²) in [7, 11) is 0. The second kappa shape index (κ2) is 11.5. The maximum atomic E-state index is 6.45. The van der Waals surface area contributed by atoms with Gasteiger partial charge >= 0.3 is 0 Å². The molecule has 1 aliphatic carbocycles. The van der Waals surface area contributed by atoms with E-state index in [0.29, 0.717) is 0 Å². The zero-order valence-electron chi connectivity index (χ0n) is 29.4. The third-order valence-corrected chi connectivity index (χ3v) is 13.0. The number of hydrogen-bond donors (Lipinski definition) is 0. The average molecular weight is 705 g/mol. The van der Waals surface area contributed by atoms with Crippen molar-refractivity contribution in [1.29, 1.82) is 0 Å². The summed E-state index contributed by atoms with van der Waals surface area (Å²) in [4.78, 5) is 0. The third kappa shape index (κ3) is 4.26. The van der Waals surface area contributed by atoms with Gasteiger partial charge in [-0.3, -0.25) is 0 Å². The van der Waals surface area contributed by atoms with Crippen LogP contribution in [0.2, 0.25) is 0 Å². The number of thiophene rings is 1. The summed E-state index contributed by atoms with van der Waals surface area (Å²) >= 11 is 1.88. The SMILES string of the molecule is C1=CCCC(c2ccc(-c3c4ccccc4c(-c4ccc5sc6c(ccc7c6ccc6c8ccccc8oc67)c5c4)c4ccccc34)c3ccccc23)=C1. The largest absolute Gasteiger partial charge is 0.455 e. The highest BCUT2D eigenvalue weighted by molar-refractivity contribution is 7.26. The van der Waals surface area contributed by atoms with Crippen LogP contribution in [0.5, 0.6) is 0 Å². The lowest BCUT2D eigenvalue weighted by Gasteiger charge is -2.20. The van der Waals surface area contributed by atoms with Gasteiger partial charge in [0.1, 0.15) is 11.2 Å². The molecule has 0 saturated carbocycles. The molecule has 9 aromatic carbocycles. The molecule has 0 radical (unpaired) electrons. The molecular weight excluding hydrogens is 673 g/mol. The zero-order valence-corrected chi connectivity index (χ0v) is 30.2. The van der Waals surface area contributed by atoms with E-state index in [1.54, 1.807) is 0 Å². The Balaban J connectivity index is 1.10. The van der Waals surface area contributed by atoms with Crippen molar-refractivity contribution in [2.75, 3.05) is 0 Å². The maximum Gasteiger partial charge on any atom is 0.143 e. The van der Waals surface area contributed by atoms with Crippen LogP contribution >= 0.6 is 11.3 Å². The molecule has 0 fully saturated rings. The molecule has 2 heterocycles. The van der Waals surface area contributed by atoms with Crippen LogP contribution in [0.4, 0.5) is 0 Å². The topological polar surface area (TPSA) is 13.1 Å². The van der Waals surface area contributed by atoms with Gasteiger partial charge in [0.15, 0.2) is 0 Å². The van der Waals surface area contributed by atoms with Crippen LogP contribution in [0.25, 0.3) is 113 Å². The molecule has 252 valence electrons. The number of furan rings is 1. The molecule has 2 heteroatoms. The fourth-order valence-corrected chi connectivity index (χ4v) is 10.5. The molecule has 12 rings (SSSR count). The van der Waals surface area contributed by atoms with Crippen LogP contribution in [-0.2, 0) is 0 Å². The van der Waals surface area contributed by atoms with E-state index in [2.05, 4.69) is 164 Å². The van der Waals surface area contributed by atoms with E-state index >= 15 is 0 Å². The molecule has 2 aromatic heterocycles. The van der Waals surface area contributed by atoms with Crippen molar-refractivity contribution in [1.82, 2.24) is 0 Å². The highest BCUT2D eigenvalue weighted by Crippen LogP contribution is 2.48. The molecule has 0 atom stereocenters. The Morgan fingerprint density at radius 2 is 1.02 bits per heavy atom. The molecule has 0 amide bonds. The minimum atomic E-state index is 0.937. The van der Waals surface area contributed by atoms with Crippen molar-refractivity contribution in [2.45, 2.75) is 12.8 Å². The van der Waals surface area contributed by atoms with Gasteiger partial charge < -0.3 is 4.42 Å². The van der Waals surface area contributed by atoms with Crippen LogP contribution in [-0.4, -0.2) is 0 Å². The normalized spacial score (nSPS) is 13.4. The Morgan fingerprint density at radius 1 is 0.444 bits per heavy atom. The van der Waals surface area contributed by atoms with Crippen molar-refractivity contribution < 1.29 is 4.42 Å². The molecule has 0 aliphatic heterocycles. The number of allylic oxidation sites excluding steroid dienone is 4. The van der Waals surface area contributed by atoms with Crippen LogP contribution in [0.15, 0.2) is 174 Å². The van der Waals surface area contributed by atoms with Gasteiger partial charge in [-0.1, -0.05) is 140 Å². The number of rotatable bonds is 3. The summed E-state index contributed by atoms with van der Waals surface area (Å²) in [6.45, 7) is 0. The van der Waals surface area contributed by atoms with E-state index < -0.39 is 0 Å². The lowest BCUT2D eigenvalue weighted by atomic mass is 9.83. The first kappa shape index (κ1) is 30.0. The predicted octanol–water partition coefficient (Wildman–Crippen LogP) is 15.6. The number of para-hydroxylation sites is 1. The summed E-state index contributed by atoms with van der Waals surface area (Å²) in [6, 6.07) is 56.3. The van der Waals surface area contributed by atoms with Crippen molar-refractivity contribution >= 4 is 102 Å². The average Bonchev–Trinajstić information content (AvgIpc) is 3.81. The second-order valence-electron chi connectivity index (χ2n) is 14.6. The van der Waals surface area contributed by atoms with E-state index in [0.717, 1.165) is 24.0 Å². The molecular formula is C52H32OS. The molecule has 0 saturated heterocycles. The van der Waals surface area contributed by atoms with Crippen LogP contribution in [0, 0.1) is 0 Å². The zero-order chi connectivity index (χ0) is 35.3. The minimum absolute atomic E-state index is 0.937. The van der Waals surface area contributed by atoms with Crippen LogP contribution in [0.3, 0.4) is 0 Å². The quantitative estimate of drug-likeness (QED) is 0.167. The van der Waals surface area contributed by atoms with Crippen molar-refractivity contribution in [3.8, 4) is 22.3 Å². The van der Waals surface area contributed by atoms with E-state index in [-0.39, 0.29) is 0 Å². The standard InChI is InChI=1S/C52H32OS/c1-2-12-31(13-3-1)33-23-24-41(35-15-5-4-14-34(33)35)50-39-19-8-6-17-37(39)49(38-18-7-9-20-40(38)50)32-22-29-48-46(30-32)45-28-26-43-44(52(45)54-48)27-25-42-36-16-10-11-21-47(36)53-51(42)43/h1-2,4-12,14-30H,3,13H2. The van der Waals surface area contributed by atoms with Crippen molar-refractivity contribution in [2.24, 2.45) is 0 Å². The van der Waals surface area contributed by atoms with Gasteiger partial charge in [0.05, 0.1) is 0 Å². The molecule has 0 unspecified atom stereocenters. The predicted molar refractivity (Wildman–Crippen MR) is 234 cm³/mol. The van der Waals surface area contributed by atoms with E-state index in [1.807, 2.05) is 17.4 Å². The number of fused-ring (bicyclic) bond motifs is 12. The first-order chi connectivity index (χ1) is 26.8. The fourth-order valence-electron chi connectivity index (χ4n) is 9.33. The van der Waals surface area contributed by atoms with Crippen LogP contribution in [0.1, 0.15) is 18.4 Å². The highest BCUT2D eigenvalue weighted by atomic mass is 32.1. The Labute approximate surface area is 315 Å². The fraction of sp³-hybridized carbons (Fsp3) is 0.0385. The monoisotopic (exact) mass is 704 g/mol. The second-order valence-corrected chi connectivity index (χ2v) is 15.6. The first-order valence-corrected chi connectivity index (χ1v) is 19.6. The molecule has 1 aliphatic rings. The molecule has 0 spiro atoms. The van der Waals surface area contributed by atoms with E-state index in [1.165, 1.54) is 107 Å². The molecule has 0 N–H and O–H groups in total. The Hall–Kier alpha value is -6.48. The van der Waals surface area contributed by atoms with Gasteiger partial charge in [-0.25, -0.2) is 0 Å². The first-order valence-electron chi connectivity index (χ1n) is 18.8. The minimum Gasteiger partial charge on any atom is -0.455 e. The maximum absolute atomic E-state index is 6.45. The lowest BCUT2D eigenvalue weighted by Crippen LogP contribution is -1.94. The van der Waals surface area contributed by atoms with Gasteiger partial charge in [-0.2, -0.15) is 0 Å². The smallest absolute Gasteiger partial charge is 0.143 e. The Kier molecular flexibility index (Phi) is 6.40. The van der Waals surface area contributed by atoms with E-state index in [9.17, 15) is 0 Å². The van der Waals surface area contributed by atoms with Gasteiger partial charge in [-0.05, 0) is 109 Å². The van der Waals surface area contributed by atoms with Crippen LogP contribution < -0.4 is 0 Å². The van der Waals surface area contributed by atoms with Crippen molar-refractivity contribution in [3.05, 3.63) is 175 Å². The molecule has 0 bridgehead atoms. The summed E-state index contributed by atoms with van der Waals surface area (Å²) in [6.07, 6.45) is 8.93.